The number of ether oxygens (including phenoxy) is 1. The maximum absolute atomic E-state index is 13.7. The van der Waals surface area contributed by atoms with E-state index < -0.39 is 23.6 Å². The summed E-state index contributed by atoms with van der Waals surface area (Å²) in [4.78, 5) is 19.2. The first kappa shape index (κ1) is 17.2. The van der Waals surface area contributed by atoms with Crippen molar-refractivity contribution in [1.82, 2.24) is 9.97 Å². The molecule has 0 spiro atoms. The fraction of sp³-hybridized carbons (Fsp3) is 0.105. The number of carbonyl (C=O) groups excluding carboxylic acids is 1. The lowest BCUT2D eigenvalue weighted by atomic mass is 10.1. The first-order chi connectivity index (χ1) is 12.5. The van der Waals surface area contributed by atoms with E-state index in [1.807, 2.05) is 6.07 Å². The fourth-order valence-electron chi connectivity index (χ4n) is 2.41. The summed E-state index contributed by atoms with van der Waals surface area (Å²) in [6.07, 6.45) is -1.16. The fourth-order valence-corrected chi connectivity index (χ4v) is 2.41. The number of halogens is 1. The van der Waals surface area contributed by atoms with E-state index in [-0.39, 0.29) is 17.0 Å². The Morgan fingerprint density at radius 3 is 2.65 bits per heavy atom. The molecule has 0 fully saturated rings. The van der Waals surface area contributed by atoms with Gasteiger partial charge >= 0.3 is 5.97 Å². The second-order valence-electron chi connectivity index (χ2n) is 5.50. The van der Waals surface area contributed by atoms with Gasteiger partial charge in [-0.3, -0.25) is 0 Å². The third kappa shape index (κ3) is 3.26. The molecule has 1 aromatic heterocycles. The summed E-state index contributed by atoms with van der Waals surface area (Å²) < 4.78 is 18.7. The van der Waals surface area contributed by atoms with Crippen LogP contribution >= 0.6 is 0 Å². The average molecular weight is 351 g/mol. The van der Waals surface area contributed by atoms with Gasteiger partial charge in [-0.2, -0.15) is 5.26 Å². The van der Waals surface area contributed by atoms with Crippen LogP contribution in [0.15, 0.2) is 54.3 Å². The third-order valence-electron chi connectivity index (χ3n) is 3.76. The number of aromatic amines is 1. The van der Waals surface area contributed by atoms with Crippen LogP contribution in [0.2, 0.25) is 0 Å². The molecule has 0 aliphatic carbocycles. The third-order valence-corrected chi connectivity index (χ3v) is 3.76. The minimum Gasteiger partial charge on any atom is -0.507 e. The molecule has 1 heterocycles. The van der Waals surface area contributed by atoms with Crippen LogP contribution in [-0.2, 0) is 4.74 Å². The van der Waals surface area contributed by atoms with Gasteiger partial charge in [-0.1, -0.05) is 24.3 Å². The van der Waals surface area contributed by atoms with Crippen LogP contribution in [0.25, 0.3) is 16.6 Å². The van der Waals surface area contributed by atoms with Crippen molar-refractivity contribution in [2.45, 2.75) is 13.0 Å². The minimum absolute atomic E-state index is 0.153. The van der Waals surface area contributed by atoms with Crippen molar-refractivity contribution in [2.75, 3.05) is 0 Å². The van der Waals surface area contributed by atoms with Gasteiger partial charge in [0.15, 0.2) is 17.7 Å². The number of carbonyl (C=O) groups is 1. The van der Waals surface area contributed by atoms with E-state index >= 15 is 0 Å². The molecular formula is C19H14FN3O3. The summed E-state index contributed by atoms with van der Waals surface area (Å²) >= 11 is 0. The number of allylic oxidation sites excluding steroid dienone is 1. The number of hydrogen-bond donors (Lipinski definition) is 2. The number of aliphatic hydroxyl groups excluding tert-OH is 1. The van der Waals surface area contributed by atoms with Gasteiger partial charge in [0.05, 0.1) is 16.6 Å². The molecule has 0 saturated heterocycles. The molecule has 0 unspecified atom stereocenters. The van der Waals surface area contributed by atoms with Gasteiger partial charge in [0.25, 0.3) is 0 Å². The molecule has 0 aliphatic rings. The highest BCUT2D eigenvalue weighted by molar-refractivity contribution is 5.90. The smallest absolute Gasteiger partial charge is 0.341 e. The number of benzene rings is 2. The van der Waals surface area contributed by atoms with E-state index in [2.05, 4.69) is 9.97 Å². The van der Waals surface area contributed by atoms with Crippen molar-refractivity contribution in [1.29, 1.82) is 5.26 Å². The molecule has 3 rings (SSSR count). The van der Waals surface area contributed by atoms with Gasteiger partial charge in [0, 0.05) is 0 Å². The van der Waals surface area contributed by atoms with Gasteiger partial charge in [-0.05, 0) is 31.2 Å². The largest absolute Gasteiger partial charge is 0.507 e. The Morgan fingerprint density at radius 2 is 1.96 bits per heavy atom. The number of para-hydroxylation sites is 2. The molecule has 0 amide bonds. The monoisotopic (exact) mass is 351 g/mol. The second kappa shape index (κ2) is 7.07. The van der Waals surface area contributed by atoms with Crippen molar-refractivity contribution in [2.24, 2.45) is 0 Å². The maximum Gasteiger partial charge on any atom is 0.341 e. The number of aromatic nitrogens is 2. The number of rotatable bonds is 4. The van der Waals surface area contributed by atoms with Crippen molar-refractivity contribution in [3.8, 4) is 6.07 Å². The Morgan fingerprint density at radius 1 is 1.27 bits per heavy atom. The van der Waals surface area contributed by atoms with Crippen molar-refractivity contribution in [3.63, 3.8) is 0 Å². The molecule has 6 nitrogen and oxygen atoms in total. The molecule has 26 heavy (non-hydrogen) atoms. The maximum atomic E-state index is 13.7. The van der Waals surface area contributed by atoms with Crippen molar-refractivity contribution >= 4 is 22.6 Å². The zero-order valence-electron chi connectivity index (χ0n) is 13.7. The summed E-state index contributed by atoms with van der Waals surface area (Å²) in [6.45, 7) is 1.38. The molecule has 3 aromatic rings. The highest BCUT2D eigenvalue weighted by atomic mass is 19.1. The highest BCUT2D eigenvalue weighted by Gasteiger charge is 2.23. The molecule has 2 N–H and O–H groups in total. The Hall–Kier alpha value is -3.66. The minimum atomic E-state index is -1.16. The normalized spacial score (nSPS) is 13.0. The van der Waals surface area contributed by atoms with Crippen LogP contribution in [0.1, 0.15) is 23.1 Å². The van der Waals surface area contributed by atoms with Gasteiger partial charge in [0.1, 0.15) is 17.5 Å². The molecular weight excluding hydrogens is 337 g/mol. The highest BCUT2D eigenvalue weighted by Crippen LogP contribution is 2.22. The quantitative estimate of drug-likeness (QED) is 0.424. The predicted molar refractivity (Wildman–Crippen MR) is 92.5 cm³/mol. The standard InChI is InChI=1S/C19H14FN3O3/c1-11(26-19(25)12-6-2-3-7-14(12)20)17(24)13(10-21)18-22-15-8-4-5-9-16(15)23-18/h2-9,11,24H,1H3,(H,22,23)/b17-13-/t11-/m1/s1. The average Bonchev–Trinajstić information content (AvgIpc) is 3.06. The summed E-state index contributed by atoms with van der Waals surface area (Å²) in [5, 5.41) is 19.7. The molecule has 1 atom stereocenters. The van der Waals surface area contributed by atoms with Crippen LogP contribution < -0.4 is 0 Å². The van der Waals surface area contributed by atoms with Gasteiger partial charge in [0.2, 0.25) is 0 Å². The molecule has 7 heteroatoms. The molecule has 130 valence electrons. The first-order valence-electron chi connectivity index (χ1n) is 7.75. The summed E-state index contributed by atoms with van der Waals surface area (Å²) in [5.41, 5.74) is 0.905. The number of imidazole rings is 1. The van der Waals surface area contributed by atoms with Crippen LogP contribution in [-0.4, -0.2) is 27.1 Å². The lowest BCUT2D eigenvalue weighted by molar-refractivity contribution is 0.0329. The van der Waals surface area contributed by atoms with E-state index in [1.54, 1.807) is 24.3 Å². The zero-order valence-corrected chi connectivity index (χ0v) is 13.7. The number of nitrogens with zero attached hydrogens (tertiary/aromatic N) is 2. The number of fused-ring (bicyclic) bond motifs is 1. The number of hydrogen-bond acceptors (Lipinski definition) is 5. The van der Waals surface area contributed by atoms with Crippen LogP contribution in [0.3, 0.4) is 0 Å². The summed E-state index contributed by atoms with van der Waals surface area (Å²) in [6, 6.07) is 14.3. The Bertz CT molecular complexity index is 1020. The van der Waals surface area contributed by atoms with E-state index in [4.69, 9.17) is 4.74 Å². The van der Waals surface area contributed by atoms with Crippen LogP contribution in [0.5, 0.6) is 0 Å². The molecule has 0 saturated carbocycles. The predicted octanol–water partition coefficient (Wildman–Crippen LogP) is 3.74. The van der Waals surface area contributed by atoms with Crippen LogP contribution in [0.4, 0.5) is 4.39 Å². The number of nitrogens with one attached hydrogen (secondary N) is 1. The number of esters is 1. The Labute approximate surface area is 148 Å². The number of H-pyrrole nitrogens is 1. The van der Waals surface area contributed by atoms with Gasteiger partial charge in [-0.15, -0.1) is 0 Å². The summed E-state index contributed by atoms with van der Waals surface area (Å²) in [5.74, 6) is -1.99. The van der Waals surface area contributed by atoms with Crippen LogP contribution in [0, 0.1) is 17.1 Å². The number of nitriles is 1. The molecule has 0 bridgehead atoms. The summed E-state index contributed by atoms with van der Waals surface area (Å²) in [7, 11) is 0. The molecule has 0 aliphatic heterocycles. The van der Waals surface area contributed by atoms with Gasteiger partial charge < -0.3 is 14.8 Å². The Balaban J connectivity index is 1.89. The second-order valence-corrected chi connectivity index (χ2v) is 5.50. The van der Waals surface area contributed by atoms with E-state index in [1.165, 1.54) is 25.1 Å². The van der Waals surface area contributed by atoms with E-state index in [0.717, 1.165) is 6.07 Å². The number of aliphatic hydroxyl groups is 1. The molecule has 2 aromatic carbocycles. The Kier molecular flexibility index (Phi) is 4.67. The first-order valence-corrected chi connectivity index (χ1v) is 7.75. The topological polar surface area (TPSA) is 99.0 Å². The van der Waals surface area contributed by atoms with Crippen molar-refractivity contribution in [3.05, 3.63) is 71.5 Å². The lowest BCUT2D eigenvalue weighted by Gasteiger charge is -2.14. The van der Waals surface area contributed by atoms with Crippen molar-refractivity contribution < 1.29 is 19.0 Å². The molecule has 0 radical (unpaired) electrons. The zero-order chi connectivity index (χ0) is 18.7. The SMILES string of the molecule is C[C@@H](OC(=O)c1ccccc1F)/C(O)=C(\C#N)c1nc2ccccc2[nH]1. The van der Waals surface area contributed by atoms with E-state index in [9.17, 15) is 19.6 Å². The van der Waals surface area contributed by atoms with E-state index in [0.29, 0.717) is 11.0 Å². The lowest BCUT2D eigenvalue weighted by Crippen LogP contribution is -2.19. The van der Waals surface area contributed by atoms with Gasteiger partial charge in [-0.25, -0.2) is 14.2 Å².